The molecule has 8 heteroatoms. The van der Waals surface area contributed by atoms with Crippen molar-refractivity contribution in [3.63, 3.8) is 0 Å². The third kappa shape index (κ3) is 6.14. The molecule has 31 heavy (non-hydrogen) atoms. The summed E-state index contributed by atoms with van der Waals surface area (Å²) < 4.78 is 11.3. The van der Waals surface area contributed by atoms with Crippen molar-refractivity contribution in [2.75, 3.05) is 5.32 Å². The molecule has 0 spiro atoms. The summed E-state index contributed by atoms with van der Waals surface area (Å²) in [5.74, 6) is 1.58. The second kappa shape index (κ2) is 10.0. The molecule has 1 heterocycles. The maximum absolute atomic E-state index is 12.3. The number of hydrogen-bond donors (Lipinski definition) is 1. The molecule has 0 fully saturated rings. The van der Waals surface area contributed by atoms with Crippen molar-refractivity contribution < 1.29 is 14.3 Å². The zero-order valence-corrected chi connectivity index (χ0v) is 16.7. The van der Waals surface area contributed by atoms with Crippen molar-refractivity contribution in [2.45, 2.75) is 19.8 Å². The van der Waals surface area contributed by atoms with Gasteiger partial charge >= 0.3 is 0 Å². The highest BCUT2D eigenvalue weighted by atomic mass is 16.5. The number of aromatic nitrogens is 4. The number of ether oxygens (including phenoxy) is 2. The molecule has 0 aliphatic carbocycles. The molecule has 1 amide bonds. The van der Waals surface area contributed by atoms with Crippen LogP contribution in [0.5, 0.6) is 11.5 Å². The monoisotopic (exact) mass is 415 g/mol. The van der Waals surface area contributed by atoms with Crippen LogP contribution in [0.1, 0.15) is 11.4 Å². The molecule has 0 aliphatic rings. The van der Waals surface area contributed by atoms with Gasteiger partial charge in [-0.25, -0.2) is 0 Å². The number of nitrogens with one attached hydrogen (secondary N) is 1. The molecule has 1 aromatic heterocycles. The molecule has 0 bridgehead atoms. The van der Waals surface area contributed by atoms with E-state index < -0.39 is 0 Å². The van der Waals surface area contributed by atoms with Crippen LogP contribution in [-0.4, -0.2) is 26.1 Å². The number of carbonyl (C=O) groups excluding carboxylic acids is 1. The maximum atomic E-state index is 12.3. The summed E-state index contributed by atoms with van der Waals surface area (Å²) >= 11 is 0. The van der Waals surface area contributed by atoms with Crippen LogP contribution in [0.4, 0.5) is 5.69 Å². The minimum atomic E-state index is -0.258. The fraction of sp³-hybridized carbons (Fsp3) is 0.130. The lowest BCUT2D eigenvalue weighted by Crippen LogP contribution is -2.20. The number of anilines is 1. The Morgan fingerprint density at radius 3 is 2.19 bits per heavy atom. The first kappa shape index (κ1) is 20.1. The molecule has 156 valence electrons. The van der Waals surface area contributed by atoms with Crippen LogP contribution < -0.4 is 14.8 Å². The first-order chi connectivity index (χ1) is 15.2. The van der Waals surface area contributed by atoms with Crippen molar-refractivity contribution in [3.05, 3.63) is 96.3 Å². The first-order valence-corrected chi connectivity index (χ1v) is 9.76. The van der Waals surface area contributed by atoms with E-state index in [0.717, 1.165) is 11.3 Å². The van der Waals surface area contributed by atoms with Gasteiger partial charge in [-0.05, 0) is 47.2 Å². The largest absolute Gasteiger partial charge is 0.489 e. The average molecular weight is 415 g/mol. The Morgan fingerprint density at radius 1 is 0.806 bits per heavy atom. The molecular weight excluding hydrogens is 394 g/mol. The van der Waals surface area contributed by atoms with Gasteiger partial charge in [0, 0.05) is 5.69 Å². The summed E-state index contributed by atoms with van der Waals surface area (Å²) in [4.78, 5) is 13.5. The van der Waals surface area contributed by atoms with Gasteiger partial charge in [-0.15, -0.1) is 10.2 Å². The molecule has 0 aliphatic heterocycles. The van der Waals surface area contributed by atoms with Crippen molar-refractivity contribution >= 4 is 11.6 Å². The number of carbonyl (C=O) groups is 1. The van der Waals surface area contributed by atoms with E-state index in [0.29, 0.717) is 23.9 Å². The van der Waals surface area contributed by atoms with Crippen molar-refractivity contribution in [1.29, 1.82) is 0 Å². The van der Waals surface area contributed by atoms with Crippen LogP contribution in [0, 0.1) is 0 Å². The molecule has 0 saturated heterocycles. The van der Waals surface area contributed by atoms with E-state index in [4.69, 9.17) is 9.47 Å². The number of amides is 1. The van der Waals surface area contributed by atoms with Gasteiger partial charge in [-0.1, -0.05) is 48.5 Å². The van der Waals surface area contributed by atoms with E-state index in [9.17, 15) is 4.79 Å². The number of benzene rings is 3. The molecule has 0 unspecified atom stereocenters. The summed E-state index contributed by atoms with van der Waals surface area (Å²) in [5.41, 5.74) is 1.75. The summed E-state index contributed by atoms with van der Waals surface area (Å²) in [6.45, 7) is 0.613. The normalized spacial score (nSPS) is 10.5. The molecule has 4 aromatic rings. The Morgan fingerprint density at radius 2 is 1.45 bits per heavy atom. The molecule has 3 aromatic carbocycles. The lowest BCUT2D eigenvalue weighted by Gasteiger charge is -2.08. The Labute approximate surface area is 179 Å². The SMILES string of the molecule is O=C(Cn1nnc(COc2ccccc2)n1)Nc1ccc(OCc2ccccc2)cc1. The van der Waals surface area contributed by atoms with E-state index in [1.165, 1.54) is 4.80 Å². The predicted molar refractivity (Wildman–Crippen MR) is 114 cm³/mol. The zero-order chi connectivity index (χ0) is 21.3. The van der Waals surface area contributed by atoms with Gasteiger partial charge in [0.25, 0.3) is 0 Å². The number of rotatable bonds is 9. The van der Waals surface area contributed by atoms with E-state index in [-0.39, 0.29) is 19.1 Å². The number of para-hydroxylation sites is 1. The van der Waals surface area contributed by atoms with Crippen LogP contribution in [-0.2, 0) is 24.6 Å². The summed E-state index contributed by atoms with van der Waals surface area (Å²) in [7, 11) is 0. The summed E-state index contributed by atoms with van der Waals surface area (Å²) in [6.07, 6.45) is 0. The summed E-state index contributed by atoms with van der Waals surface area (Å²) in [6, 6.07) is 26.5. The standard InChI is InChI=1S/C23H21N5O3/c29-23(15-28-26-22(25-27-28)17-31-20-9-5-2-6-10-20)24-19-11-13-21(14-12-19)30-16-18-7-3-1-4-8-18/h1-14H,15-17H2,(H,24,29). The molecule has 8 nitrogen and oxygen atoms in total. The van der Waals surface area contributed by atoms with Crippen molar-refractivity contribution in [3.8, 4) is 11.5 Å². The topological polar surface area (TPSA) is 91.2 Å². The smallest absolute Gasteiger partial charge is 0.248 e. The van der Waals surface area contributed by atoms with Gasteiger partial charge in [-0.2, -0.15) is 4.80 Å². The Hall–Kier alpha value is -4.20. The Balaban J connectivity index is 1.23. The highest BCUT2D eigenvalue weighted by Gasteiger charge is 2.09. The van der Waals surface area contributed by atoms with E-state index in [1.807, 2.05) is 72.8 Å². The second-order valence-electron chi connectivity index (χ2n) is 6.68. The van der Waals surface area contributed by atoms with E-state index >= 15 is 0 Å². The third-order valence-electron chi connectivity index (χ3n) is 4.28. The zero-order valence-electron chi connectivity index (χ0n) is 16.7. The molecule has 0 saturated carbocycles. The lowest BCUT2D eigenvalue weighted by molar-refractivity contribution is -0.117. The van der Waals surface area contributed by atoms with Gasteiger partial charge in [0.2, 0.25) is 11.7 Å². The second-order valence-corrected chi connectivity index (χ2v) is 6.68. The van der Waals surface area contributed by atoms with Crippen LogP contribution in [0.25, 0.3) is 0 Å². The molecule has 4 rings (SSSR count). The average Bonchev–Trinajstić information content (AvgIpc) is 3.26. The van der Waals surface area contributed by atoms with Crippen LogP contribution in [0.2, 0.25) is 0 Å². The van der Waals surface area contributed by atoms with Gasteiger partial charge in [0.15, 0.2) is 6.61 Å². The number of tetrazole rings is 1. The molecule has 0 atom stereocenters. The van der Waals surface area contributed by atoms with E-state index in [2.05, 4.69) is 20.7 Å². The molecule has 1 N–H and O–H groups in total. The minimum Gasteiger partial charge on any atom is -0.489 e. The third-order valence-corrected chi connectivity index (χ3v) is 4.28. The van der Waals surface area contributed by atoms with Gasteiger partial charge in [0.1, 0.15) is 24.7 Å². The number of hydrogen-bond acceptors (Lipinski definition) is 6. The van der Waals surface area contributed by atoms with Crippen molar-refractivity contribution in [1.82, 2.24) is 20.2 Å². The van der Waals surface area contributed by atoms with Crippen LogP contribution in [0.15, 0.2) is 84.9 Å². The van der Waals surface area contributed by atoms with Crippen LogP contribution in [0.3, 0.4) is 0 Å². The van der Waals surface area contributed by atoms with E-state index in [1.54, 1.807) is 12.1 Å². The fourth-order valence-electron chi connectivity index (χ4n) is 2.77. The quantitative estimate of drug-likeness (QED) is 0.450. The lowest BCUT2D eigenvalue weighted by atomic mass is 10.2. The fourth-order valence-corrected chi connectivity index (χ4v) is 2.77. The Kier molecular flexibility index (Phi) is 6.49. The highest BCUT2D eigenvalue weighted by molar-refractivity contribution is 5.90. The maximum Gasteiger partial charge on any atom is 0.248 e. The summed E-state index contributed by atoms with van der Waals surface area (Å²) in [5, 5.41) is 14.8. The number of nitrogens with zero attached hydrogens (tertiary/aromatic N) is 4. The predicted octanol–water partition coefficient (Wildman–Crippen LogP) is 3.47. The van der Waals surface area contributed by atoms with Crippen molar-refractivity contribution in [2.24, 2.45) is 0 Å². The van der Waals surface area contributed by atoms with Gasteiger partial charge < -0.3 is 14.8 Å². The highest BCUT2D eigenvalue weighted by Crippen LogP contribution is 2.17. The molecule has 0 radical (unpaired) electrons. The molecular formula is C23H21N5O3. The van der Waals surface area contributed by atoms with Crippen LogP contribution >= 0.6 is 0 Å². The Bertz CT molecular complexity index is 1100. The van der Waals surface area contributed by atoms with Gasteiger partial charge in [0.05, 0.1) is 0 Å². The first-order valence-electron chi connectivity index (χ1n) is 9.76. The minimum absolute atomic E-state index is 0.0510. The van der Waals surface area contributed by atoms with Gasteiger partial charge in [-0.3, -0.25) is 4.79 Å².